The number of carbonyl (C=O) groups is 3. The fourth-order valence-corrected chi connectivity index (χ4v) is 3.53. The van der Waals surface area contributed by atoms with E-state index in [1.54, 1.807) is 31.2 Å². The lowest BCUT2D eigenvalue weighted by atomic mass is 9.93. The Bertz CT molecular complexity index is 838. The third-order valence-corrected chi connectivity index (χ3v) is 4.96. The number of aromatic nitrogens is 2. The average molecular weight is 338 g/mol. The molecule has 0 radical (unpaired) electrons. The van der Waals surface area contributed by atoms with Gasteiger partial charge in [0.1, 0.15) is 6.04 Å². The standard InChI is InChI=1S/C18H18N4O3/c1-10(22-17(24)13-4-2-3-5-14(13)18(22)25)16(23)20-12-7-6-11-9-19-21-15(11)8-12/h2-5,9-10,12H,6-8H2,1H3,(H,19,21)(H,20,23). The van der Waals surface area contributed by atoms with Gasteiger partial charge in [0.05, 0.1) is 17.3 Å². The SMILES string of the molecule is CC(C(=O)NC1CCc2cn[nH]c2C1)N1C(=O)c2ccccc2C1=O. The Morgan fingerprint density at radius 2 is 1.96 bits per heavy atom. The van der Waals surface area contributed by atoms with E-state index in [1.165, 1.54) is 5.56 Å². The molecule has 25 heavy (non-hydrogen) atoms. The number of fused-ring (bicyclic) bond motifs is 2. The molecule has 0 saturated carbocycles. The highest BCUT2D eigenvalue weighted by Gasteiger charge is 2.41. The average Bonchev–Trinajstić information content (AvgIpc) is 3.18. The summed E-state index contributed by atoms with van der Waals surface area (Å²) < 4.78 is 0. The monoisotopic (exact) mass is 338 g/mol. The number of aromatic amines is 1. The largest absolute Gasteiger partial charge is 0.351 e. The zero-order chi connectivity index (χ0) is 17.6. The third kappa shape index (κ3) is 2.52. The molecule has 128 valence electrons. The predicted molar refractivity (Wildman–Crippen MR) is 88.9 cm³/mol. The minimum atomic E-state index is -0.851. The van der Waals surface area contributed by atoms with Crippen molar-refractivity contribution in [3.8, 4) is 0 Å². The van der Waals surface area contributed by atoms with Crippen LogP contribution in [-0.2, 0) is 17.6 Å². The van der Waals surface area contributed by atoms with Gasteiger partial charge in [0.15, 0.2) is 0 Å². The van der Waals surface area contributed by atoms with E-state index in [1.807, 2.05) is 6.20 Å². The molecule has 0 fully saturated rings. The predicted octanol–water partition coefficient (Wildman–Crippen LogP) is 1.07. The van der Waals surface area contributed by atoms with Gasteiger partial charge in [-0.05, 0) is 37.5 Å². The summed E-state index contributed by atoms with van der Waals surface area (Å²) in [5.74, 6) is -1.15. The Morgan fingerprint density at radius 1 is 1.28 bits per heavy atom. The normalized spacial score (nSPS) is 20.2. The summed E-state index contributed by atoms with van der Waals surface area (Å²) in [5, 5.41) is 9.94. The molecule has 7 nitrogen and oxygen atoms in total. The molecule has 2 unspecified atom stereocenters. The molecular weight excluding hydrogens is 320 g/mol. The molecule has 1 aliphatic heterocycles. The maximum absolute atomic E-state index is 12.6. The Balaban J connectivity index is 1.47. The van der Waals surface area contributed by atoms with E-state index in [0.29, 0.717) is 17.5 Å². The highest BCUT2D eigenvalue weighted by Crippen LogP contribution is 2.25. The Labute approximate surface area is 144 Å². The highest BCUT2D eigenvalue weighted by atomic mass is 16.2. The number of rotatable bonds is 3. The molecule has 0 saturated heterocycles. The van der Waals surface area contributed by atoms with Crippen molar-refractivity contribution in [2.75, 3.05) is 0 Å². The van der Waals surface area contributed by atoms with Crippen molar-refractivity contribution >= 4 is 17.7 Å². The van der Waals surface area contributed by atoms with Crippen molar-refractivity contribution in [1.29, 1.82) is 0 Å². The molecule has 2 aromatic rings. The van der Waals surface area contributed by atoms with E-state index < -0.39 is 17.9 Å². The Hall–Kier alpha value is -2.96. The molecule has 0 spiro atoms. The first kappa shape index (κ1) is 15.6. The summed E-state index contributed by atoms with van der Waals surface area (Å²) in [6, 6.07) is 5.76. The number of benzene rings is 1. The zero-order valence-corrected chi connectivity index (χ0v) is 13.8. The number of amides is 3. The second-order valence-electron chi connectivity index (χ2n) is 6.52. The molecular formula is C18H18N4O3. The molecule has 1 aliphatic carbocycles. The number of hydrogen-bond donors (Lipinski definition) is 2. The Morgan fingerprint density at radius 3 is 2.64 bits per heavy atom. The van der Waals surface area contributed by atoms with E-state index in [4.69, 9.17) is 0 Å². The second kappa shape index (κ2) is 5.84. The molecule has 1 aromatic carbocycles. The van der Waals surface area contributed by atoms with Gasteiger partial charge < -0.3 is 5.32 Å². The first-order chi connectivity index (χ1) is 12.1. The lowest BCUT2D eigenvalue weighted by Gasteiger charge is -2.27. The minimum Gasteiger partial charge on any atom is -0.351 e. The number of aryl methyl sites for hydroxylation is 1. The summed E-state index contributed by atoms with van der Waals surface area (Å²) in [6.07, 6.45) is 4.15. The van der Waals surface area contributed by atoms with E-state index in [0.717, 1.165) is 23.4 Å². The van der Waals surface area contributed by atoms with Crippen LogP contribution >= 0.6 is 0 Å². The van der Waals surface area contributed by atoms with Gasteiger partial charge in [-0.15, -0.1) is 0 Å². The van der Waals surface area contributed by atoms with Crippen LogP contribution in [0.1, 0.15) is 45.3 Å². The summed E-state index contributed by atoms with van der Waals surface area (Å²) in [7, 11) is 0. The van der Waals surface area contributed by atoms with Crippen LogP contribution in [0.25, 0.3) is 0 Å². The summed E-state index contributed by atoms with van der Waals surface area (Å²) >= 11 is 0. The van der Waals surface area contributed by atoms with Gasteiger partial charge in [0.25, 0.3) is 11.8 Å². The maximum Gasteiger partial charge on any atom is 0.262 e. The van der Waals surface area contributed by atoms with E-state index in [2.05, 4.69) is 15.5 Å². The second-order valence-corrected chi connectivity index (χ2v) is 6.52. The molecule has 4 rings (SSSR count). The molecule has 2 atom stereocenters. The van der Waals surface area contributed by atoms with Crippen LogP contribution in [0.2, 0.25) is 0 Å². The summed E-state index contributed by atoms with van der Waals surface area (Å²) in [4.78, 5) is 38.6. The number of nitrogens with one attached hydrogen (secondary N) is 2. The van der Waals surface area contributed by atoms with E-state index in [9.17, 15) is 14.4 Å². The van der Waals surface area contributed by atoms with Gasteiger partial charge in [-0.3, -0.25) is 24.4 Å². The van der Waals surface area contributed by atoms with Crippen LogP contribution in [-0.4, -0.2) is 44.9 Å². The van der Waals surface area contributed by atoms with Crippen LogP contribution in [0.15, 0.2) is 30.5 Å². The maximum atomic E-state index is 12.6. The Kier molecular flexibility index (Phi) is 3.63. The topological polar surface area (TPSA) is 95.2 Å². The number of nitrogens with zero attached hydrogens (tertiary/aromatic N) is 2. The first-order valence-corrected chi connectivity index (χ1v) is 8.34. The fraction of sp³-hybridized carbons (Fsp3) is 0.333. The first-order valence-electron chi connectivity index (χ1n) is 8.34. The molecule has 2 N–H and O–H groups in total. The van der Waals surface area contributed by atoms with Crippen molar-refractivity contribution in [2.24, 2.45) is 0 Å². The lowest BCUT2D eigenvalue weighted by molar-refractivity contribution is -0.125. The van der Waals surface area contributed by atoms with Crippen molar-refractivity contribution in [2.45, 2.75) is 38.3 Å². The molecule has 2 heterocycles. The van der Waals surface area contributed by atoms with Crippen molar-refractivity contribution in [3.63, 3.8) is 0 Å². The molecule has 7 heteroatoms. The van der Waals surface area contributed by atoms with Crippen molar-refractivity contribution < 1.29 is 14.4 Å². The molecule has 0 bridgehead atoms. The zero-order valence-electron chi connectivity index (χ0n) is 13.8. The van der Waals surface area contributed by atoms with Crippen LogP contribution in [0.4, 0.5) is 0 Å². The van der Waals surface area contributed by atoms with Gasteiger partial charge in [-0.2, -0.15) is 5.10 Å². The molecule has 3 amide bonds. The van der Waals surface area contributed by atoms with Gasteiger partial charge >= 0.3 is 0 Å². The number of imide groups is 1. The van der Waals surface area contributed by atoms with Crippen molar-refractivity contribution in [3.05, 3.63) is 52.8 Å². The minimum absolute atomic E-state index is 0.0296. The van der Waals surface area contributed by atoms with Crippen LogP contribution in [0.5, 0.6) is 0 Å². The number of H-pyrrole nitrogens is 1. The number of hydrogen-bond acceptors (Lipinski definition) is 4. The summed E-state index contributed by atoms with van der Waals surface area (Å²) in [5.41, 5.74) is 2.92. The van der Waals surface area contributed by atoms with Gasteiger partial charge in [0.2, 0.25) is 5.91 Å². The van der Waals surface area contributed by atoms with E-state index in [-0.39, 0.29) is 11.9 Å². The van der Waals surface area contributed by atoms with Crippen LogP contribution in [0, 0.1) is 0 Å². The third-order valence-electron chi connectivity index (χ3n) is 4.96. The fourth-order valence-electron chi connectivity index (χ4n) is 3.53. The van der Waals surface area contributed by atoms with Gasteiger partial charge in [0, 0.05) is 18.2 Å². The summed E-state index contributed by atoms with van der Waals surface area (Å²) in [6.45, 7) is 1.58. The van der Waals surface area contributed by atoms with Gasteiger partial charge in [-0.1, -0.05) is 12.1 Å². The van der Waals surface area contributed by atoms with Crippen molar-refractivity contribution in [1.82, 2.24) is 20.4 Å². The quantitative estimate of drug-likeness (QED) is 0.818. The molecule has 1 aromatic heterocycles. The van der Waals surface area contributed by atoms with Crippen LogP contribution in [0.3, 0.4) is 0 Å². The lowest BCUT2D eigenvalue weighted by Crippen LogP contribution is -2.51. The highest BCUT2D eigenvalue weighted by molar-refractivity contribution is 6.22. The number of carbonyl (C=O) groups excluding carboxylic acids is 3. The van der Waals surface area contributed by atoms with Crippen LogP contribution < -0.4 is 5.32 Å². The molecule has 2 aliphatic rings. The van der Waals surface area contributed by atoms with E-state index >= 15 is 0 Å². The van der Waals surface area contributed by atoms with Gasteiger partial charge in [-0.25, -0.2) is 0 Å². The smallest absolute Gasteiger partial charge is 0.262 e.